The standard InChI is InChI=1S/C20H31NO3/c1-6-20(4)10-9-15(13(2)3)16(12-20)19(23)21-17-8-7-14(24-5)11-18(17)22/h7-8,11,13,15-16,22H,6,9-10,12H2,1-5H3,(H,21,23). The van der Waals surface area contributed by atoms with Gasteiger partial charge in [0.25, 0.3) is 0 Å². The Kier molecular flexibility index (Phi) is 5.79. The number of carbonyl (C=O) groups excluding carboxylic acids is 1. The molecule has 1 fully saturated rings. The number of hydrogen-bond donors (Lipinski definition) is 2. The van der Waals surface area contributed by atoms with Crippen LogP contribution < -0.4 is 10.1 Å². The van der Waals surface area contributed by atoms with Gasteiger partial charge in [0.1, 0.15) is 11.5 Å². The van der Waals surface area contributed by atoms with Crippen molar-refractivity contribution in [3.63, 3.8) is 0 Å². The molecule has 0 heterocycles. The predicted octanol–water partition coefficient (Wildman–Crippen LogP) is 4.83. The lowest BCUT2D eigenvalue weighted by atomic mass is 9.62. The van der Waals surface area contributed by atoms with Crippen LogP contribution in [0.1, 0.15) is 53.4 Å². The number of aromatic hydroxyl groups is 1. The van der Waals surface area contributed by atoms with Crippen LogP contribution >= 0.6 is 0 Å². The largest absolute Gasteiger partial charge is 0.506 e. The summed E-state index contributed by atoms with van der Waals surface area (Å²) in [5, 5.41) is 13.0. The average molecular weight is 333 g/mol. The lowest BCUT2D eigenvalue weighted by Crippen LogP contribution is -2.40. The summed E-state index contributed by atoms with van der Waals surface area (Å²) in [4.78, 5) is 12.9. The van der Waals surface area contributed by atoms with Crippen molar-refractivity contribution in [3.05, 3.63) is 18.2 Å². The van der Waals surface area contributed by atoms with Gasteiger partial charge < -0.3 is 15.2 Å². The molecular formula is C20H31NO3. The molecule has 0 aromatic heterocycles. The minimum Gasteiger partial charge on any atom is -0.506 e. The van der Waals surface area contributed by atoms with E-state index in [4.69, 9.17) is 4.74 Å². The molecule has 0 saturated heterocycles. The zero-order valence-electron chi connectivity index (χ0n) is 15.6. The Bertz CT molecular complexity index is 584. The number of phenolic OH excluding ortho intramolecular Hbond substituents is 1. The van der Waals surface area contributed by atoms with Gasteiger partial charge >= 0.3 is 0 Å². The highest BCUT2D eigenvalue weighted by molar-refractivity contribution is 5.94. The second kappa shape index (κ2) is 7.45. The van der Waals surface area contributed by atoms with E-state index in [9.17, 15) is 9.90 Å². The number of benzene rings is 1. The number of nitrogens with one attached hydrogen (secondary N) is 1. The smallest absolute Gasteiger partial charge is 0.227 e. The van der Waals surface area contributed by atoms with Crippen LogP contribution in [-0.2, 0) is 4.79 Å². The van der Waals surface area contributed by atoms with E-state index in [-0.39, 0.29) is 23.0 Å². The zero-order valence-corrected chi connectivity index (χ0v) is 15.6. The predicted molar refractivity (Wildman–Crippen MR) is 97.4 cm³/mol. The summed E-state index contributed by atoms with van der Waals surface area (Å²) in [6.45, 7) is 8.89. The monoisotopic (exact) mass is 333 g/mol. The Hall–Kier alpha value is -1.71. The first-order valence-corrected chi connectivity index (χ1v) is 8.97. The Balaban J connectivity index is 2.18. The number of phenols is 1. The van der Waals surface area contributed by atoms with Crippen molar-refractivity contribution in [2.75, 3.05) is 12.4 Å². The molecule has 4 heteroatoms. The molecule has 0 spiro atoms. The van der Waals surface area contributed by atoms with Gasteiger partial charge in [-0.25, -0.2) is 0 Å². The molecule has 0 aliphatic heterocycles. The molecule has 24 heavy (non-hydrogen) atoms. The topological polar surface area (TPSA) is 58.6 Å². The fraction of sp³-hybridized carbons (Fsp3) is 0.650. The number of hydrogen-bond acceptors (Lipinski definition) is 3. The van der Waals surface area contributed by atoms with E-state index < -0.39 is 0 Å². The quantitative estimate of drug-likeness (QED) is 0.759. The molecule has 4 nitrogen and oxygen atoms in total. The van der Waals surface area contributed by atoms with Crippen molar-refractivity contribution in [2.45, 2.75) is 53.4 Å². The molecule has 1 amide bonds. The summed E-state index contributed by atoms with van der Waals surface area (Å²) in [6, 6.07) is 4.96. The summed E-state index contributed by atoms with van der Waals surface area (Å²) >= 11 is 0. The van der Waals surface area contributed by atoms with Crippen molar-refractivity contribution in [1.29, 1.82) is 0 Å². The summed E-state index contributed by atoms with van der Waals surface area (Å²) < 4.78 is 5.09. The van der Waals surface area contributed by atoms with Crippen LogP contribution in [-0.4, -0.2) is 18.1 Å². The van der Waals surface area contributed by atoms with Crippen LogP contribution in [0.25, 0.3) is 0 Å². The Labute approximate surface area is 145 Å². The molecule has 1 aliphatic carbocycles. The van der Waals surface area contributed by atoms with Crippen LogP contribution in [0.4, 0.5) is 5.69 Å². The van der Waals surface area contributed by atoms with Gasteiger partial charge in [0.2, 0.25) is 5.91 Å². The lowest BCUT2D eigenvalue weighted by molar-refractivity contribution is -0.125. The number of methoxy groups -OCH3 is 1. The Morgan fingerprint density at radius 2 is 2.17 bits per heavy atom. The van der Waals surface area contributed by atoms with E-state index in [1.807, 2.05) is 0 Å². The van der Waals surface area contributed by atoms with E-state index in [2.05, 4.69) is 33.0 Å². The molecule has 1 aromatic rings. The van der Waals surface area contributed by atoms with Gasteiger partial charge in [-0.1, -0.05) is 34.1 Å². The highest BCUT2D eigenvalue weighted by Gasteiger charge is 2.41. The lowest BCUT2D eigenvalue weighted by Gasteiger charge is -2.43. The van der Waals surface area contributed by atoms with Gasteiger partial charge in [-0.3, -0.25) is 4.79 Å². The number of ether oxygens (including phenoxy) is 1. The molecule has 0 radical (unpaired) electrons. The van der Waals surface area contributed by atoms with E-state index in [0.29, 0.717) is 23.3 Å². The van der Waals surface area contributed by atoms with Crippen molar-refractivity contribution in [1.82, 2.24) is 0 Å². The first kappa shape index (κ1) is 18.6. The average Bonchev–Trinajstić information content (AvgIpc) is 2.56. The summed E-state index contributed by atoms with van der Waals surface area (Å²) in [5.74, 6) is 1.50. The highest BCUT2D eigenvalue weighted by Crippen LogP contribution is 2.47. The number of rotatable bonds is 5. The summed E-state index contributed by atoms with van der Waals surface area (Å²) in [7, 11) is 1.55. The van der Waals surface area contributed by atoms with E-state index in [1.54, 1.807) is 19.2 Å². The van der Waals surface area contributed by atoms with Gasteiger partial charge in [0.15, 0.2) is 0 Å². The first-order valence-electron chi connectivity index (χ1n) is 8.97. The number of amides is 1. The fourth-order valence-corrected chi connectivity index (χ4v) is 3.88. The molecule has 1 aliphatic rings. The number of anilines is 1. The number of carbonyl (C=O) groups is 1. The Morgan fingerprint density at radius 1 is 1.46 bits per heavy atom. The van der Waals surface area contributed by atoms with Crippen molar-refractivity contribution >= 4 is 11.6 Å². The zero-order chi connectivity index (χ0) is 17.9. The SMILES string of the molecule is CCC1(C)CCC(C(C)C)C(C(=O)Nc2ccc(OC)cc2O)C1. The maximum absolute atomic E-state index is 12.9. The van der Waals surface area contributed by atoms with Gasteiger partial charge in [-0.2, -0.15) is 0 Å². The molecule has 1 aromatic carbocycles. The Morgan fingerprint density at radius 3 is 2.71 bits per heavy atom. The van der Waals surface area contributed by atoms with Crippen LogP contribution in [0.15, 0.2) is 18.2 Å². The van der Waals surface area contributed by atoms with E-state index in [0.717, 1.165) is 19.3 Å². The van der Waals surface area contributed by atoms with Gasteiger partial charge in [-0.05, 0) is 48.6 Å². The molecule has 3 unspecified atom stereocenters. The maximum Gasteiger partial charge on any atom is 0.227 e. The first-order chi connectivity index (χ1) is 11.3. The third-order valence-corrected chi connectivity index (χ3v) is 5.82. The van der Waals surface area contributed by atoms with Crippen LogP contribution in [0.5, 0.6) is 11.5 Å². The highest BCUT2D eigenvalue weighted by atomic mass is 16.5. The van der Waals surface area contributed by atoms with Crippen molar-refractivity contribution < 1.29 is 14.6 Å². The molecule has 134 valence electrons. The van der Waals surface area contributed by atoms with Crippen molar-refractivity contribution in [3.8, 4) is 11.5 Å². The van der Waals surface area contributed by atoms with Crippen molar-refractivity contribution in [2.24, 2.45) is 23.2 Å². The van der Waals surface area contributed by atoms with Gasteiger partial charge in [0.05, 0.1) is 12.8 Å². The fourth-order valence-electron chi connectivity index (χ4n) is 3.88. The molecule has 3 atom stereocenters. The minimum atomic E-state index is -0.00907. The van der Waals surface area contributed by atoms with Gasteiger partial charge in [-0.15, -0.1) is 0 Å². The molecular weight excluding hydrogens is 302 g/mol. The van der Waals surface area contributed by atoms with Crippen LogP contribution in [0.3, 0.4) is 0 Å². The van der Waals surface area contributed by atoms with Gasteiger partial charge in [0, 0.05) is 12.0 Å². The normalized spacial score (nSPS) is 27.1. The third-order valence-electron chi connectivity index (χ3n) is 5.82. The van der Waals surface area contributed by atoms with Crippen LogP contribution in [0, 0.1) is 23.2 Å². The second-order valence-electron chi connectivity index (χ2n) is 7.79. The minimum absolute atomic E-state index is 0.00907. The molecule has 2 rings (SSSR count). The summed E-state index contributed by atoms with van der Waals surface area (Å²) in [5.41, 5.74) is 0.682. The molecule has 2 N–H and O–H groups in total. The second-order valence-corrected chi connectivity index (χ2v) is 7.79. The molecule has 0 bridgehead atoms. The van der Waals surface area contributed by atoms with Crippen LogP contribution in [0.2, 0.25) is 0 Å². The van der Waals surface area contributed by atoms with E-state index >= 15 is 0 Å². The summed E-state index contributed by atoms with van der Waals surface area (Å²) in [6.07, 6.45) is 4.28. The molecule has 1 saturated carbocycles. The maximum atomic E-state index is 12.9. The van der Waals surface area contributed by atoms with E-state index in [1.165, 1.54) is 12.5 Å². The third kappa shape index (κ3) is 4.03.